The van der Waals surface area contributed by atoms with Gasteiger partial charge in [-0.1, -0.05) is 105 Å². The molecule has 0 aliphatic heterocycles. The van der Waals surface area contributed by atoms with Crippen LogP contribution in [0.15, 0.2) is 0 Å². The summed E-state index contributed by atoms with van der Waals surface area (Å²) in [5.74, 6) is -3.44. The number of carbonyl (C=O) groups is 2. The maximum absolute atomic E-state index is 12.7. The number of aliphatic carboxylic acids is 2. The van der Waals surface area contributed by atoms with E-state index in [1.54, 1.807) is 0 Å². The Kier molecular flexibility index (Phi) is 15.1. The molecule has 0 aromatic carbocycles. The van der Waals surface area contributed by atoms with Gasteiger partial charge < -0.3 is 10.2 Å². The Bertz CT molecular complexity index is 623. The number of hydrogen-bond donors (Lipinski definition) is 3. The van der Waals surface area contributed by atoms with Crippen molar-refractivity contribution >= 4 is 22.1 Å². The predicted molar refractivity (Wildman–Crippen MR) is 127 cm³/mol. The first kappa shape index (κ1) is 30.9. The second-order valence-corrected chi connectivity index (χ2v) is 10.9. The van der Waals surface area contributed by atoms with Crippen molar-refractivity contribution < 1.29 is 32.8 Å². The summed E-state index contributed by atoms with van der Waals surface area (Å²) in [4.78, 5) is 24.8. The van der Waals surface area contributed by atoms with Crippen molar-refractivity contribution in [3.8, 4) is 0 Å². The molecule has 0 radical (unpaired) electrons. The van der Waals surface area contributed by atoms with E-state index in [0.29, 0.717) is 12.8 Å². The SMILES string of the molecule is CCCCCC(CCC)CC(CC(CCC)CCCCC)(C(=O)O)C(C(=O)O)S(=O)(=O)O. The van der Waals surface area contributed by atoms with Crippen molar-refractivity contribution in [3.63, 3.8) is 0 Å². The molecule has 0 amide bonds. The van der Waals surface area contributed by atoms with Crippen LogP contribution in [-0.4, -0.2) is 40.4 Å². The molecular formula is C24H46O7S. The van der Waals surface area contributed by atoms with Crippen molar-refractivity contribution in [2.75, 3.05) is 0 Å². The smallest absolute Gasteiger partial charge is 0.325 e. The summed E-state index contributed by atoms with van der Waals surface area (Å²) in [7, 11) is -5.12. The van der Waals surface area contributed by atoms with Crippen molar-refractivity contribution in [1.29, 1.82) is 0 Å². The van der Waals surface area contributed by atoms with Gasteiger partial charge in [0.2, 0.25) is 0 Å². The fourth-order valence-corrected chi connectivity index (χ4v) is 6.26. The highest BCUT2D eigenvalue weighted by Crippen LogP contribution is 2.45. The first-order valence-electron chi connectivity index (χ1n) is 12.4. The number of hydrogen-bond acceptors (Lipinski definition) is 4. The summed E-state index contributed by atoms with van der Waals surface area (Å²) < 4.78 is 34.3. The van der Waals surface area contributed by atoms with Crippen LogP contribution in [0.3, 0.4) is 0 Å². The Morgan fingerprint density at radius 3 is 1.38 bits per heavy atom. The molecule has 3 atom stereocenters. The van der Waals surface area contributed by atoms with E-state index in [9.17, 15) is 32.8 Å². The van der Waals surface area contributed by atoms with E-state index >= 15 is 0 Å². The zero-order chi connectivity index (χ0) is 24.8. The predicted octanol–water partition coefficient (Wildman–Crippen LogP) is 6.17. The Morgan fingerprint density at radius 1 is 0.719 bits per heavy atom. The standard InChI is InChI=1S/C24H46O7S/c1-5-9-11-15-19(13-7-3)17-24(23(27)28,21(22(25)26)32(29,30)31)18-20(14-8-4)16-12-10-6-2/h19-21H,5-18H2,1-4H3,(H,25,26)(H,27,28)(H,29,30,31). The van der Waals surface area contributed by atoms with E-state index in [1.807, 2.05) is 13.8 Å². The van der Waals surface area contributed by atoms with Crippen molar-refractivity contribution in [3.05, 3.63) is 0 Å². The van der Waals surface area contributed by atoms with Crippen LogP contribution < -0.4 is 0 Å². The van der Waals surface area contributed by atoms with Gasteiger partial charge >= 0.3 is 11.9 Å². The third-order valence-electron chi connectivity index (χ3n) is 6.58. The molecule has 0 aliphatic rings. The summed E-state index contributed by atoms with van der Waals surface area (Å²) in [6.07, 6.45) is 10.1. The molecule has 0 saturated heterocycles. The molecular weight excluding hydrogens is 432 g/mol. The lowest BCUT2D eigenvalue weighted by Gasteiger charge is -2.38. The summed E-state index contributed by atoms with van der Waals surface area (Å²) in [5, 5.41) is 17.8. The van der Waals surface area contributed by atoms with Crippen molar-refractivity contribution in [1.82, 2.24) is 0 Å². The van der Waals surface area contributed by atoms with Crippen LogP contribution in [0.25, 0.3) is 0 Å². The molecule has 0 saturated carbocycles. The zero-order valence-electron chi connectivity index (χ0n) is 20.5. The van der Waals surface area contributed by atoms with Crippen LogP contribution in [-0.2, 0) is 19.7 Å². The normalized spacial score (nSPS) is 16.8. The molecule has 0 spiro atoms. The lowest BCUT2D eigenvalue weighted by Crippen LogP contribution is -2.53. The van der Waals surface area contributed by atoms with E-state index in [0.717, 1.165) is 64.2 Å². The van der Waals surface area contributed by atoms with Gasteiger partial charge in [-0.15, -0.1) is 0 Å². The Balaban J connectivity index is 6.37. The van der Waals surface area contributed by atoms with Gasteiger partial charge in [-0.2, -0.15) is 8.42 Å². The Hall–Kier alpha value is -1.15. The molecule has 3 N–H and O–H groups in total. The molecule has 190 valence electrons. The van der Waals surface area contributed by atoms with E-state index in [-0.39, 0.29) is 24.7 Å². The summed E-state index contributed by atoms with van der Waals surface area (Å²) in [6, 6.07) is 0. The molecule has 7 nitrogen and oxygen atoms in total. The highest BCUT2D eigenvalue weighted by molar-refractivity contribution is 7.87. The third kappa shape index (κ3) is 10.2. The quantitative estimate of drug-likeness (QED) is 0.141. The average molecular weight is 479 g/mol. The zero-order valence-corrected chi connectivity index (χ0v) is 21.3. The lowest BCUT2D eigenvalue weighted by molar-refractivity contribution is -0.158. The molecule has 0 bridgehead atoms. The third-order valence-corrected chi connectivity index (χ3v) is 7.83. The monoisotopic (exact) mass is 478 g/mol. The first-order chi connectivity index (χ1) is 15.0. The molecule has 3 unspecified atom stereocenters. The second kappa shape index (κ2) is 15.6. The van der Waals surface area contributed by atoms with Gasteiger partial charge in [0.1, 0.15) is 0 Å². The molecule has 0 rings (SSSR count). The molecule has 0 aromatic heterocycles. The first-order valence-corrected chi connectivity index (χ1v) is 13.9. The minimum Gasteiger partial charge on any atom is -0.481 e. The lowest BCUT2D eigenvalue weighted by atomic mass is 9.67. The molecule has 0 aliphatic carbocycles. The van der Waals surface area contributed by atoms with Crippen LogP contribution in [0.4, 0.5) is 0 Å². The van der Waals surface area contributed by atoms with Gasteiger partial charge in [0, 0.05) is 0 Å². The minimum absolute atomic E-state index is 0.0510. The highest BCUT2D eigenvalue weighted by Gasteiger charge is 2.57. The Labute approximate surface area is 195 Å². The molecule has 0 heterocycles. The average Bonchev–Trinajstić information content (AvgIpc) is 2.66. The number of unbranched alkanes of at least 4 members (excludes halogenated alkanes) is 4. The van der Waals surface area contributed by atoms with Gasteiger partial charge in [-0.05, 0) is 24.7 Å². The maximum Gasteiger partial charge on any atom is 0.325 e. The van der Waals surface area contributed by atoms with Crippen molar-refractivity contribution in [2.24, 2.45) is 17.3 Å². The Morgan fingerprint density at radius 2 is 1.12 bits per heavy atom. The van der Waals surface area contributed by atoms with Gasteiger partial charge in [-0.25, -0.2) is 0 Å². The number of rotatable bonds is 20. The van der Waals surface area contributed by atoms with E-state index < -0.39 is 32.7 Å². The van der Waals surface area contributed by atoms with Gasteiger partial charge in [0.25, 0.3) is 10.1 Å². The van der Waals surface area contributed by atoms with Gasteiger partial charge in [0.15, 0.2) is 5.25 Å². The minimum atomic E-state index is -5.12. The molecule has 0 aromatic rings. The fraction of sp³-hybridized carbons (Fsp3) is 0.917. The molecule has 8 heteroatoms. The van der Waals surface area contributed by atoms with Crippen LogP contribution in [0.1, 0.15) is 118 Å². The van der Waals surface area contributed by atoms with Crippen LogP contribution >= 0.6 is 0 Å². The summed E-state index contributed by atoms with van der Waals surface area (Å²) >= 11 is 0. The van der Waals surface area contributed by atoms with Crippen LogP contribution in [0.2, 0.25) is 0 Å². The van der Waals surface area contributed by atoms with E-state index in [4.69, 9.17) is 0 Å². The highest BCUT2D eigenvalue weighted by atomic mass is 32.2. The summed E-state index contributed by atoms with van der Waals surface area (Å²) in [6.45, 7) is 8.11. The molecule has 0 fully saturated rings. The summed E-state index contributed by atoms with van der Waals surface area (Å²) in [5.41, 5.74) is -2.06. The maximum atomic E-state index is 12.7. The number of carboxylic acid groups (broad SMARTS) is 2. The fourth-order valence-electron chi connectivity index (χ4n) is 5.14. The largest absolute Gasteiger partial charge is 0.481 e. The second-order valence-electron chi connectivity index (χ2n) is 9.40. The van der Waals surface area contributed by atoms with Gasteiger partial charge in [0.05, 0.1) is 5.41 Å². The van der Waals surface area contributed by atoms with E-state index in [2.05, 4.69) is 13.8 Å². The van der Waals surface area contributed by atoms with Crippen LogP contribution in [0, 0.1) is 17.3 Å². The van der Waals surface area contributed by atoms with Crippen LogP contribution in [0.5, 0.6) is 0 Å². The topological polar surface area (TPSA) is 129 Å². The van der Waals surface area contributed by atoms with E-state index in [1.165, 1.54) is 0 Å². The molecule has 32 heavy (non-hydrogen) atoms. The van der Waals surface area contributed by atoms with Gasteiger partial charge in [-0.3, -0.25) is 14.1 Å². The van der Waals surface area contributed by atoms with Crippen molar-refractivity contribution in [2.45, 2.75) is 123 Å². The number of carboxylic acids is 2.